The maximum Gasteiger partial charge on any atom is 0.290 e. The van der Waals surface area contributed by atoms with Crippen LogP contribution in [0.3, 0.4) is 0 Å². The van der Waals surface area contributed by atoms with Gasteiger partial charge >= 0.3 is 0 Å². The second-order valence-electron chi connectivity index (χ2n) is 6.37. The van der Waals surface area contributed by atoms with E-state index < -0.39 is 0 Å². The number of likely N-dealkylation sites (tertiary alicyclic amines) is 1. The third-order valence-corrected chi connectivity index (χ3v) is 3.65. The smallest absolute Gasteiger partial charge is 0.290 e. The molecule has 1 heterocycles. The Hall–Kier alpha value is -1.10. The SMILES string of the molecule is CC(C)C.CC1(C)C2CN(C(=O)CN)CC21.O=CO. The number of piperidine rings is 1. The molecular formula is C14H28N2O3. The Kier molecular flexibility index (Phi) is 7.05. The third kappa shape index (κ3) is 5.19. The van der Waals surface area contributed by atoms with Crippen molar-refractivity contribution in [2.45, 2.75) is 34.6 Å². The van der Waals surface area contributed by atoms with Crippen molar-refractivity contribution in [1.82, 2.24) is 4.90 Å². The van der Waals surface area contributed by atoms with Crippen molar-refractivity contribution in [2.75, 3.05) is 19.6 Å². The van der Waals surface area contributed by atoms with Crippen LogP contribution in [0.2, 0.25) is 0 Å². The van der Waals surface area contributed by atoms with Crippen LogP contribution in [0.15, 0.2) is 0 Å². The summed E-state index contributed by atoms with van der Waals surface area (Å²) in [7, 11) is 0. The van der Waals surface area contributed by atoms with E-state index in [9.17, 15) is 4.79 Å². The first-order valence-corrected chi connectivity index (χ1v) is 6.78. The number of carbonyl (C=O) groups is 2. The summed E-state index contributed by atoms with van der Waals surface area (Å²) in [4.78, 5) is 21.5. The zero-order chi connectivity index (χ0) is 15.2. The molecule has 0 spiro atoms. The molecule has 0 aromatic rings. The minimum atomic E-state index is -0.250. The van der Waals surface area contributed by atoms with Gasteiger partial charge in [0.05, 0.1) is 6.54 Å². The number of nitrogens with two attached hydrogens (primary N) is 1. The van der Waals surface area contributed by atoms with Crippen LogP contribution in [-0.2, 0) is 9.59 Å². The first-order valence-electron chi connectivity index (χ1n) is 6.78. The molecule has 0 bridgehead atoms. The van der Waals surface area contributed by atoms with Crippen LogP contribution in [0.4, 0.5) is 0 Å². The van der Waals surface area contributed by atoms with Crippen molar-refractivity contribution in [3.63, 3.8) is 0 Å². The number of carboxylic acid groups (broad SMARTS) is 1. The molecule has 19 heavy (non-hydrogen) atoms. The molecule has 2 fully saturated rings. The molecule has 0 radical (unpaired) electrons. The second kappa shape index (κ2) is 7.48. The molecular weight excluding hydrogens is 244 g/mol. The van der Waals surface area contributed by atoms with Crippen LogP contribution in [0.5, 0.6) is 0 Å². The summed E-state index contributed by atoms with van der Waals surface area (Å²) in [5.41, 5.74) is 5.78. The van der Waals surface area contributed by atoms with E-state index in [1.807, 2.05) is 4.90 Å². The minimum Gasteiger partial charge on any atom is -0.483 e. The Morgan fingerprint density at radius 1 is 1.37 bits per heavy atom. The molecule has 2 atom stereocenters. The van der Waals surface area contributed by atoms with Gasteiger partial charge in [0.1, 0.15) is 0 Å². The molecule has 1 saturated heterocycles. The first-order chi connectivity index (χ1) is 8.72. The van der Waals surface area contributed by atoms with E-state index in [0.29, 0.717) is 5.41 Å². The molecule has 2 rings (SSSR count). The second-order valence-corrected chi connectivity index (χ2v) is 6.37. The lowest BCUT2D eigenvalue weighted by Crippen LogP contribution is -2.37. The molecule has 1 aliphatic heterocycles. The molecule has 1 amide bonds. The van der Waals surface area contributed by atoms with Gasteiger partial charge in [0.25, 0.3) is 6.47 Å². The Bertz CT molecular complexity index is 286. The Morgan fingerprint density at radius 2 is 1.68 bits per heavy atom. The van der Waals surface area contributed by atoms with Crippen molar-refractivity contribution in [2.24, 2.45) is 28.9 Å². The van der Waals surface area contributed by atoms with Crippen molar-refractivity contribution in [3.8, 4) is 0 Å². The van der Waals surface area contributed by atoms with E-state index in [4.69, 9.17) is 15.6 Å². The van der Waals surface area contributed by atoms with E-state index in [-0.39, 0.29) is 18.9 Å². The van der Waals surface area contributed by atoms with Crippen molar-refractivity contribution >= 4 is 12.4 Å². The van der Waals surface area contributed by atoms with Gasteiger partial charge in [-0.05, 0) is 23.2 Å². The number of carbonyl (C=O) groups excluding carboxylic acids is 1. The zero-order valence-corrected chi connectivity index (χ0v) is 12.7. The fourth-order valence-electron chi connectivity index (χ4n) is 2.46. The topological polar surface area (TPSA) is 83.6 Å². The molecule has 1 aliphatic carbocycles. The van der Waals surface area contributed by atoms with Gasteiger partial charge in [0.2, 0.25) is 5.91 Å². The number of rotatable bonds is 1. The lowest BCUT2D eigenvalue weighted by atomic mass is 10.1. The van der Waals surface area contributed by atoms with Crippen LogP contribution in [0, 0.1) is 23.2 Å². The maximum atomic E-state index is 11.2. The van der Waals surface area contributed by atoms with E-state index in [0.717, 1.165) is 30.8 Å². The fraction of sp³-hybridized carbons (Fsp3) is 0.857. The Labute approximate surface area is 116 Å². The van der Waals surface area contributed by atoms with E-state index in [1.54, 1.807) is 0 Å². The van der Waals surface area contributed by atoms with Crippen molar-refractivity contribution < 1.29 is 14.7 Å². The largest absolute Gasteiger partial charge is 0.483 e. The minimum absolute atomic E-state index is 0.109. The van der Waals surface area contributed by atoms with E-state index in [2.05, 4.69) is 34.6 Å². The lowest BCUT2D eigenvalue weighted by Gasteiger charge is -2.21. The summed E-state index contributed by atoms with van der Waals surface area (Å²) in [5, 5.41) is 6.89. The van der Waals surface area contributed by atoms with Crippen LogP contribution in [0.25, 0.3) is 0 Å². The van der Waals surface area contributed by atoms with Crippen LogP contribution in [0.1, 0.15) is 34.6 Å². The molecule has 2 unspecified atom stereocenters. The molecule has 112 valence electrons. The summed E-state index contributed by atoms with van der Waals surface area (Å²) in [5.74, 6) is 2.43. The quantitative estimate of drug-likeness (QED) is 0.707. The van der Waals surface area contributed by atoms with Crippen molar-refractivity contribution in [1.29, 1.82) is 0 Å². The standard InChI is InChI=1S/C9H16N2O.C4H10.CH2O2/c1-9(2)6-4-11(5-7(6)9)8(12)3-10;1-4(2)3;2-1-3/h6-7H,3-5,10H2,1-2H3;4H,1-3H3;1H,(H,2,3). The molecule has 3 N–H and O–H groups in total. The Morgan fingerprint density at radius 3 is 1.95 bits per heavy atom. The summed E-state index contributed by atoms with van der Waals surface area (Å²) >= 11 is 0. The highest BCUT2D eigenvalue weighted by Crippen LogP contribution is 2.61. The predicted molar refractivity (Wildman–Crippen MR) is 75.6 cm³/mol. The number of nitrogens with zero attached hydrogens (tertiary/aromatic N) is 1. The van der Waals surface area contributed by atoms with Crippen LogP contribution < -0.4 is 5.73 Å². The van der Waals surface area contributed by atoms with Crippen LogP contribution >= 0.6 is 0 Å². The summed E-state index contributed by atoms with van der Waals surface area (Å²) in [6, 6.07) is 0. The molecule has 5 heteroatoms. The third-order valence-electron chi connectivity index (χ3n) is 3.65. The van der Waals surface area contributed by atoms with Gasteiger partial charge in [0, 0.05) is 13.1 Å². The maximum absolute atomic E-state index is 11.2. The van der Waals surface area contributed by atoms with E-state index in [1.165, 1.54) is 0 Å². The summed E-state index contributed by atoms with van der Waals surface area (Å²) in [6.45, 7) is 12.9. The normalized spacial score (nSPS) is 25.5. The van der Waals surface area contributed by atoms with Crippen molar-refractivity contribution in [3.05, 3.63) is 0 Å². The summed E-state index contributed by atoms with van der Waals surface area (Å²) < 4.78 is 0. The van der Waals surface area contributed by atoms with Gasteiger partial charge in [-0.15, -0.1) is 0 Å². The highest BCUT2D eigenvalue weighted by molar-refractivity contribution is 5.78. The number of hydrogen-bond donors (Lipinski definition) is 2. The number of amides is 1. The highest BCUT2D eigenvalue weighted by atomic mass is 16.3. The lowest BCUT2D eigenvalue weighted by molar-refractivity contribution is -0.129. The molecule has 0 aromatic carbocycles. The zero-order valence-electron chi connectivity index (χ0n) is 12.7. The van der Waals surface area contributed by atoms with Gasteiger partial charge in [-0.3, -0.25) is 9.59 Å². The molecule has 1 saturated carbocycles. The predicted octanol–water partition coefficient (Wildman–Crippen LogP) is 1.42. The monoisotopic (exact) mass is 272 g/mol. The number of hydrogen-bond acceptors (Lipinski definition) is 3. The van der Waals surface area contributed by atoms with Gasteiger partial charge in [-0.2, -0.15) is 0 Å². The molecule has 0 aromatic heterocycles. The van der Waals surface area contributed by atoms with Gasteiger partial charge in [0.15, 0.2) is 0 Å². The number of fused-ring (bicyclic) bond motifs is 1. The van der Waals surface area contributed by atoms with Gasteiger partial charge in [-0.25, -0.2) is 0 Å². The summed E-state index contributed by atoms with van der Waals surface area (Å²) in [6.07, 6.45) is 0. The average molecular weight is 272 g/mol. The molecule has 2 aliphatic rings. The highest BCUT2D eigenvalue weighted by Gasteiger charge is 2.62. The Balaban J connectivity index is 0.000000393. The first kappa shape index (κ1) is 17.9. The van der Waals surface area contributed by atoms with Crippen LogP contribution in [-0.4, -0.2) is 42.0 Å². The average Bonchev–Trinajstić information content (AvgIpc) is 2.70. The van der Waals surface area contributed by atoms with E-state index >= 15 is 0 Å². The fourth-order valence-corrected chi connectivity index (χ4v) is 2.46. The molecule has 5 nitrogen and oxygen atoms in total. The van der Waals surface area contributed by atoms with Gasteiger partial charge < -0.3 is 15.7 Å². The van der Waals surface area contributed by atoms with Gasteiger partial charge in [-0.1, -0.05) is 34.6 Å².